The van der Waals surface area contributed by atoms with Crippen molar-refractivity contribution in [2.24, 2.45) is 0 Å². The predicted molar refractivity (Wildman–Crippen MR) is 82.2 cm³/mol. The van der Waals surface area contributed by atoms with E-state index in [4.69, 9.17) is 8.94 Å². The molecule has 0 aliphatic heterocycles. The number of hydrogen-bond acceptors (Lipinski definition) is 4. The molecule has 0 aliphatic carbocycles. The van der Waals surface area contributed by atoms with Crippen molar-refractivity contribution in [3.05, 3.63) is 52.6 Å². The van der Waals surface area contributed by atoms with E-state index < -0.39 is 0 Å². The van der Waals surface area contributed by atoms with E-state index in [1.807, 2.05) is 39.0 Å². The van der Waals surface area contributed by atoms with Crippen LogP contribution in [0.3, 0.4) is 0 Å². The third kappa shape index (κ3) is 2.47. The summed E-state index contributed by atoms with van der Waals surface area (Å²) in [7, 11) is 0. The summed E-state index contributed by atoms with van der Waals surface area (Å²) in [5, 5.41) is 8.73. The van der Waals surface area contributed by atoms with E-state index >= 15 is 0 Å². The molecule has 0 fully saturated rings. The van der Waals surface area contributed by atoms with Crippen molar-refractivity contribution in [3.8, 4) is 0 Å². The van der Waals surface area contributed by atoms with E-state index in [0.29, 0.717) is 0 Å². The summed E-state index contributed by atoms with van der Waals surface area (Å²) in [6.07, 6.45) is 0. The van der Waals surface area contributed by atoms with E-state index in [9.17, 15) is 0 Å². The monoisotopic (exact) mass is 284 g/mol. The molecule has 3 rings (SSSR count). The molecule has 110 valence electrons. The van der Waals surface area contributed by atoms with Gasteiger partial charge in [-0.15, -0.1) is 0 Å². The molecule has 4 nitrogen and oxygen atoms in total. The van der Waals surface area contributed by atoms with Gasteiger partial charge in [0.05, 0.1) is 5.69 Å². The molecule has 0 saturated heterocycles. The minimum atomic E-state index is 0.185. The van der Waals surface area contributed by atoms with Crippen LogP contribution in [0.25, 0.3) is 11.0 Å². The number of rotatable bonds is 4. The Morgan fingerprint density at radius 2 is 1.90 bits per heavy atom. The van der Waals surface area contributed by atoms with Crippen molar-refractivity contribution in [2.75, 3.05) is 0 Å². The number of nitrogens with one attached hydrogen (secondary N) is 1. The fraction of sp³-hybridized carbons (Fsp3) is 0.353. The van der Waals surface area contributed by atoms with Gasteiger partial charge < -0.3 is 14.3 Å². The highest BCUT2D eigenvalue weighted by molar-refractivity contribution is 5.82. The Morgan fingerprint density at radius 1 is 1.14 bits per heavy atom. The summed E-state index contributed by atoms with van der Waals surface area (Å²) in [5.74, 6) is 1.84. The summed E-state index contributed by atoms with van der Waals surface area (Å²) in [6.45, 7) is 8.82. The Balaban J connectivity index is 1.82. The van der Waals surface area contributed by atoms with Crippen LogP contribution in [-0.2, 0) is 6.54 Å². The highest BCUT2D eigenvalue weighted by Gasteiger charge is 2.17. The second-order valence-electron chi connectivity index (χ2n) is 5.47. The zero-order valence-electron chi connectivity index (χ0n) is 12.9. The van der Waals surface area contributed by atoms with Crippen LogP contribution in [-0.4, -0.2) is 5.16 Å². The molecule has 3 aromatic rings. The van der Waals surface area contributed by atoms with Gasteiger partial charge in [-0.2, -0.15) is 0 Å². The predicted octanol–water partition coefficient (Wildman–Crippen LogP) is 4.20. The lowest BCUT2D eigenvalue weighted by atomic mass is 10.1. The van der Waals surface area contributed by atoms with E-state index in [1.165, 1.54) is 10.9 Å². The number of nitrogens with zero attached hydrogens (tertiary/aromatic N) is 1. The van der Waals surface area contributed by atoms with Crippen LogP contribution in [0.1, 0.15) is 41.3 Å². The van der Waals surface area contributed by atoms with E-state index in [-0.39, 0.29) is 6.04 Å². The van der Waals surface area contributed by atoms with Crippen LogP contribution in [0.4, 0.5) is 0 Å². The van der Waals surface area contributed by atoms with E-state index in [1.54, 1.807) is 0 Å². The molecule has 0 aliphatic rings. The molecule has 1 N–H and O–H groups in total. The highest BCUT2D eigenvalue weighted by atomic mass is 16.5. The number of aromatic nitrogens is 1. The average molecular weight is 284 g/mol. The number of benzene rings is 1. The van der Waals surface area contributed by atoms with Gasteiger partial charge in [0.15, 0.2) is 0 Å². The number of hydrogen-bond donors (Lipinski definition) is 1. The molecule has 0 amide bonds. The molecule has 1 aromatic carbocycles. The minimum Gasteiger partial charge on any atom is -0.461 e. The first kappa shape index (κ1) is 13.9. The summed E-state index contributed by atoms with van der Waals surface area (Å²) in [6, 6.07) is 8.32. The number of fused-ring (bicyclic) bond motifs is 1. The summed E-state index contributed by atoms with van der Waals surface area (Å²) in [4.78, 5) is 0. The molecular weight excluding hydrogens is 264 g/mol. The molecule has 0 saturated carbocycles. The van der Waals surface area contributed by atoms with Crippen molar-refractivity contribution in [2.45, 2.75) is 40.3 Å². The molecule has 0 spiro atoms. The quantitative estimate of drug-likeness (QED) is 0.780. The van der Waals surface area contributed by atoms with Gasteiger partial charge in [0.2, 0.25) is 0 Å². The Kier molecular flexibility index (Phi) is 3.55. The first-order chi connectivity index (χ1) is 10.1. The summed E-state index contributed by atoms with van der Waals surface area (Å²) >= 11 is 0. The lowest BCUT2D eigenvalue weighted by Crippen LogP contribution is -2.19. The molecule has 0 radical (unpaired) electrons. The Bertz CT molecular complexity index is 751. The Morgan fingerprint density at radius 3 is 2.62 bits per heavy atom. The van der Waals surface area contributed by atoms with E-state index in [0.717, 1.165) is 34.9 Å². The summed E-state index contributed by atoms with van der Waals surface area (Å²) in [5.41, 5.74) is 4.24. The molecule has 0 bridgehead atoms. The third-order valence-electron chi connectivity index (χ3n) is 4.01. The van der Waals surface area contributed by atoms with Gasteiger partial charge in [-0.05, 0) is 33.8 Å². The van der Waals surface area contributed by atoms with Crippen molar-refractivity contribution < 1.29 is 8.94 Å². The fourth-order valence-corrected chi connectivity index (χ4v) is 2.91. The second kappa shape index (κ2) is 5.37. The number of para-hydroxylation sites is 1. The zero-order chi connectivity index (χ0) is 15.0. The smallest absolute Gasteiger partial charge is 0.138 e. The highest BCUT2D eigenvalue weighted by Crippen LogP contribution is 2.26. The Labute approximate surface area is 124 Å². The van der Waals surface area contributed by atoms with E-state index in [2.05, 4.69) is 23.5 Å². The fourth-order valence-electron chi connectivity index (χ4n) is 2.91. The van der Waals surface area contributed by atoms with Crippen LogP contribution in [0.15, 0.2) is 33.2 Å². The van der Waals surface area contributed by atoms with Crippen molar-refractivity contribution >= 4 is 11.0 Å². The van der Waals surface area contributed by atoms with Gasteiger partial charge in [-0.3, -0.25) is 0 Å². The van der Waals surface area contributed by atoms with Gasteiger partial charge in [0.1, 0.15) is 17.1 Å². The van der Waals surface area contributed by atoms with Crippen LogP contribution >= 0.6 is 0 Å². The Hall–Kier alpha value is -2.07. The van der Waals surface area contributed by atoms with Crippen molar-refractivity contribution in [3.63, 3.8) is 0 Å². The van der Waals surface area contributed by atoms with Crippen molar-refractivity contribution in [1.82, 2.24) is 10.5 Å². The van der Waals surface area contributed by atoms with Crippen LogP contribution in [0.5, 0.6) is 0 Å². The first-order valence-electron chi connectivity index (χ1n) is 7.21. The molecule has 1 unspecified atom stereocenters. The number of aryl methyl sites for hydroxylation is 3. The zero-order valence-corrected chi connectivity index (χ0v) is 12.9. The standard InChI is InChI=1S/C17H20N2O2/c1-10(17-11(2)19-21-13(17)4)18-9-15-12(3)20-16-8-6-5-7-14(15)16/h5-8,10,18H,9H2,1-4H3. The molecule has 4 heteroatoms. The topological polar surface area (TPSA) is 51.2 Å². The maximum atomic E-state index is 5.80. The maximum absolute atomic E-state index is 5.80. The lowest BCUT2D eigenvalue weighted by Gasteiger charge is -2.13. The van der Waals surface area contributed by atoms with Crippen molar-refractivity contribution in [1.29, 1.82) is 0 Å². The van der Waals surface area contributed by atoms with Crippen LogP contribution < -0.4 is 5.32 Å². The molecular formula is C17H20N2O2. The number of furan rings is 1. The van der Waals surface area contributed by atoms with Gasteiger partial charge in [-0.1, -0.05) is 23.4 Å². The van der Waals surface area contributed by atoms with Crippen LogP contribution in [0, 0.1) is 20.8 Å². The maximum Gasteiger partial charge on any atom is 0.138 e. The molecule has 21 heavy (non-hydrogen) atoms. The summed E-state index contributed by atoms with van der Waals surface area (Å²) < 4.78 is 11.0. The second-order valence-corrected chi connectivity index (χ2v) is 5.47. The van der Waals surface area contributed by atoms with Crippen LogP contribution in [0.2, 0.25) is 0 Å². The molecule has 1 atom stereocenters. The minimum absolute atomic E-state index is 0.185. The van der Waals surface area contributed by atoms with Gasteiger partial charge >= 0.3 is 0 Å². The molecule has 2 heterocycles. The normalized spacial score (nSPS) is 13.0. The molecule has 2 aromatic heterocycles. The van der Waals surface area contributed by atoms with Gasteiger partial charge in [0, 0.05) is 29.1 Å². The first-order valence-corrected chi connectivity index (χ1v) is 7.21. The largest absolute Gasteiger partial charge is 0.461 e. The third-order valence-corrected chi connectivity index (χ3v) is 4.01. The lowest BCUT2D eigenvalue weighted by molar-refractivity contribution is 0.390. The van der Waals surface area contributed by atoms with Gasteiger partial charge in [-0.25, -0.2) is 0 Å². The SMILES string of the molecule is Cc1noc(C)c1C(C)NCc1c(C)oc2ccccc12. The van der Waals surface area contributed by atoms with Gasteiger partial charge in [0.25, 0.3) is 0 Å². The average Bonchev–Trinajstić information content (AvgIpc) is 2.96.